The fraction of sp³-hybridized carbons (Fsp3) is 0.222. The number of hydrogen-bond acceptors (Lipinski definition) is 4. The van der Waals surface area contributed by atoms with Crippen LogP contribution in [0.1, 0.15) is 17.5 Å². The number of amides is 1. The lowest BCUT2D eigenvalue weighted by Gasteiger charge is -2.09. The lowest BCUT2D eigenvalue weighted by molar-refractivity contribution is -0.116. The summed E-state index contributed by atoms with van der Waals surface area (Å²) in [6, 6.07) is 13.1. The lowest BCUT2D eigenvalue weighted by Crippen LogP contribution is -2.15. The first-order chi connectivity index (χ1) is 11.1. The molecule has 0 aliphatic heterocycles. The van der Waals surface area contributed by atoms with Crippen LogP contribution in [0.5, 0.6) is 5.75 Å². The van der Waals surface area contributed by atoms with Crippen molar-refractivity contribution in [2.24, 2.45) is 0 Å². The zero-order valence-electron chi connectivity index (χ0n) is 13.1. The normalized spacial score (nSPS) is 9.96. The van der Waals surface area contributed by atoms with Crippen molar-refractivity contribution in [2.45, 2.75) is 25.2 Å². The zero-order chi connectivity index (χ0) is 16.7. The van der Waals surface area contributed by atoms with Crippen LogP contribution in [0, 0.1) is 24.5 Å². The second-order valence-electron chi connectivity index (χ2n) is 5.19. The predicted molar refractivity (Wildman–Crippen MR) is 92.6 cm³/mol. The summed E-state index contributed by atoms with van der Waals surface area (Å²) in [7, 11) is 0. The third kappa shape index (κ3) is 5.68. The maximum absolute atomic E-state index is 11.9. The van der Waals surface area contributed by atoms with Crippen LogP contribution >= 0.6 is 11.8 Å². The summed E-state index contributed by atoms with van der Waals surface area (Å²) < 4.78 is 5.63. The Labute approximate surface area is 140 Å². The number of hydrogen-bond donors (Lipinski definition) is 1. The Hall–Kier alpha value is -2.45. The van der Waals surface area contributed by atoms with Crippen molar-refractivity contribution < 1.29 is 9.53 Å². The average molecular weight is 326 g/mol. The molecule has 1 amide bonds. The van der Waals surface area contributed by atoms with Gasteiger partial charge in [-0.3, -0.25) is 4.79 Å². The van der Waals surface area contributed by atoms with Gasteiger partial charge in [0, 0.05) is 10.6 Å². The number of anilines is 1. The fourth-order valence-electron chi connectivity index (χ4n) is 2.16. The van der Waals surface area contributed by atoms with Gasteiger partial charge in [-0.1, -0.05) is 6.07 Å². The number of nitriles is 1. The van der Waals surface area contributed by atoms with E-state index in [-0.39, 0.29) is 12.3 Å². The standard InChI is InChI=1S/C18H18N2O2S/c1-13-9-14(2)11-16(10-13)22-8-7-18(21)20-15-3-5-17(6-4-15)23-12-19/h3-6,9-11H,7-8H2,1-2H3,(H,20,21). The number of rotatable bonds is 6. The van der Waals surface area contributed by atoms with Crippen LogP contribution in [-0.2, 0) is 4.79 Å². The highest BCUT2D eigenvalue weighted by Crippen LogP contribution is 2.19. The van der Waals surface area contributed by atoms with Gasteiger partial charge in [-0.25, -0.2) is 0 Å². The molecule has 0 radical (unpaired) electrons. The van der Waals surface area contributed by atoms with Crippen molar-refractivity contribution in [3.63, 3.8) is 0 Å². The van der Waals surface area contributed by atoms with Crippen molar-refractivity contribution in [1.82, 2.24) is 0 Å². The lowest BCUT2D eigenvalue weighted by atomic mass is 10.1. The second-order valence-corrected chi connectivity index (χ2v) is 6.05. The highest BCUT2D eigenvalue weighted by Gasteiger charge is 2.04. The fourth-order valence-corrected chi connectivity index (χ4v) is 2.54. The van der Waals surface area contributed by atoms with Crippen molar-refractivity contribution in [3.8, 4) is 11.2 Å². The first kappa shape index (κ1) is 16.9. The highest BCUT2D eigenvalue weighted by atomic mass is 32.2. The van der Waals surface area contributed by atoms with Gasteiger partial charge in [0.15, 0.2) is 0 Å². The van der Waals surface area contributed by atoms with Crippen molar-refractivity contribution in [1.29, 1.82) is 5.26 Å². The monoisotopic (exact) mass is 326 g/mol. The smallest absolute Gasteiger partial charge is 0.227 e. The van der Waals surface area contributed by atoms with Gasteiger partial charge < -0.3 is 10.1 Å². The Balaban J connectivity index is 1.79. The van der Waals surface area contributed by atoms with Crippen molar-refractivity contribution in [2.75, 3.05) is 11.9 Å². The van der Waals surface area contributed by atoms with Crippen LogP contribution in [0.15, 0.2) is 47.4 Å². The molecule has 0 spiro atoms. The van der Waals surface area contributed by atoms with Crippen molar-refractivity contribution in [3.05, 3.63) is 53.6 Å². The molecule has 0 aliphatic carbocycles. The zero-order valence-corrected chi connectivity index (χ0v) is 13.9. The van der Waals surface area contributed by atoms with Gasteiger partial charge in [0.25, 0.3) is 0 Å². The summed E-state index contributed by atoms with van der Waals surface area (Å²) in [5.41, 5.74) is 2.99. The average Bonchev–Trinajstić information content (AvgIpc) is 2.48. The van der Waals surface area contributed by atoms with E-state index in [1.807, 2.05) is 31.4 Å². The molecule has 0 fully saturated rings. The molecule has 2 aromatic rings. The van der Waals surface area contributed by atoms with Crippen LogP contribution in [0.4, 0.5) is 5.69 Å². The number of thioether (sulfide) groups is 1. The summed E-state index contributed by atoms with van der Waals surface area (Å²) in [6.45, 7) is 4.36. The van der Waals surface area contributed by atoms with E-state index in [4.69, 9.17) is 10.00 Å². The number of aryl methyl sites for hydroxylation is 2. The summed E-state index contributed by atoms with van der Waals surface area (Å²) in [5, 5.41) is 13.4. The topological polar surface area (TPSA) is 62.1 Å². The number of carbonyl (C=O) groups excluding carboxylic acids is 1. The van der Waals surface area contributed by atoms with Gasteiger partial charge >= 0.3 is 0 Å². The molecule has 0 atom stereocenters. The molecule has 0 saturated heterocycles. The molecule has 5 heteroatoms. The molecule has 0 unspecified atom stereocenters. The number of carbonyl (C=O) groups is 1. The Morgan fingerprint density at radius 3 is 2.43 bits per heavy atom. The predicted octanol–water partition coefficient (Wildman–Crippen LogP) is 4.28. The van der Waals surface area contributed by atoms with Crippen LogP contribution in [0.3, 0.4) is 0 Å². The van der Waals surface area contributed by atoms with E-state index in [1.54, 1.807) is 24.3 Å². The summed E-state index contributed by atoms with van der Waals surface area (Å²) in [5.74, 6) is 0.684. The summed E-state index contributed by atoms with van der Waals surface area (Å²) >= 11 is 1.09. The van der Waals surface area contributed by atoms with Gasteiger partial charge in [0.05, 0.1) is 13.0 Å². The van der Waals surface area contributed by atoms with Crippen LogP contribution in [0.2, 0.25) is 0 Å². The minimum atomic E-state index is -0.102. The van der Waals surface area contributed by atoms with Gasteiger partial charge in [-0.2, -0.15) is 5.26 Å². The largest absolute Gasteiger partial charge is 0.493 e. The van der Waals surface area contributed by atoms with E-state index in [9.17, 15) is 4.79 Å². The Morgan fingerprint density at radius 1 is 1.17 bits per heavy atom. The molecule has 1 N–H and O–H groups in total. The Morgan fingerprint density at radius 2 is 1.83 bits per heavy atom. The maximum Gasteiger partial charge on any atom is 0.227 e. The van der Waals surface area contributed by atoms with E-state index in [1.165, 1.54) is 0 Å². The molecule has 2 aromatic carbocycles. The van der Waals surface area contributed by atoms with Crippen LogP contribution in [0.25, 0.3) is 0 Å². The second kappa shape index (κ2) is 8.25. The van der Waals surface area contributed by atoms with E-state index >= 15 is 0 Å². The molecule has 4 nitrogen and oxygen atoms in total. The molecule has 0 aromatic heterocycles. The molecule has 2 rings (SSSR count). The molecule has 0 heterocycles. The molecular formula is C18H18N2O2S. The molecule has 0 aliphatic rings. The molecule has 23 heavy (non-hydrogen) atoms. The first-order valence-corrected chi connectivity index (χ1v) is 8.05. The molecular weight excluding hydrogens is 308 g/mol. The van der Waals surface area contributed by atoms with Gasteiger partial charge in [0.2, 0.25) is 5.91 Å². The van der Waals surface area contributed by atoms with Crippen molar-refractivity contribution >= 4 is 23.4 Å². The minimum absolute atomic E-state index is 0.102. The van der Waals surface area contributed by atoms with Crippen LogP contribution < -0.4 is 10.1 Å². The number of ether oxygens (including phenoxy) is 1. The van der Waals surface area contributed by atoms with E-state index in [2.05, 4.69) is 11.4 Å². The Bertz CT molecular complexity index is 701. The van der Waals surface area contributed by atoms with Gasteiger partial charge in [-0.05, 0) is 73.1 Å². The third-order valence-corrected chi connectivity index (χ3v) is 3.69. The van der Waals surface area contributed by atoms with Gasteiger partial charge in [-0.15, -0.1) is 0 Å². The summed E-state index contributed by atoms with van der Waals surface area (Å²) in [6.07, 6.45) is 0.279. The first-order valence-electron chi connectivity index (χ1n) is 7.24. The van der Waals surface area contributed by atoms with E-state index in [0.29, 0.717) is 12.3 Å². The Kier molecular flexibility index (Phi) is 6.07. The quantitative estimate of drug-likeness (QED) is 0.635. The van der Waals surface area contributed by atoms with Crippen LogP contribution in [-0.4, -0.2) is 12.5 Å². The maximum atomic E-state index is 11.9. The molecule has 0 saturated carbocycles. The SMILES string of the molecule is Cc1cc(C)cc(OCCC(=O)Nc2ccc(SC#N)cc2)c1. The molecule has 0 bridgehead atoms. The minimum Gasteiger partial charge on any atom is -0.493 e. The highest BCUT2D eigenvalue weighted by molar-refractivity contribution is 8.03. The number of nitrogens with one attached hydrogen (secondary N) is 1. The number of nitrogens with zero attached hydrogens (tertiary/aromatic N) is 1. The van der Waals surface area contributed by atoms with E-state index < -0.39 is 0 Å². The third-order valence-electron chi connectivity index (χ3n) is 3.09. The van der Waals surface area contributed by atoms with Gasteiger partial charge in [0.1, 0.15) is 11.2 Å². The molecule has 118 valence electrons. The number of benzene rings is 2. The van der Waals surface area contributed by atoms with E-state index in [0.717, 1.165) is 33.5 Å². The summed E-state index contributed by atoms with van der Waals surface area (Å²) in [4.78, 5) is 12.7. The number of thiocyanates is 1.